The number of nitriles is 1. The van der Waals surface area contributed by atoms with Gasteiger partial charge in [0.1, 0.15) is 17.9 Å². The van der Waals surface area contributed by atoms with Crippen LogP contribution in [0, 0.1) is 40.9 Å². The Morgan fingerprint density at radius 3 is 2.37 bits per heavy atom. The number of fused-ring (bicyclic) bond motifs is 1. The largest absolute Gasteiger partial charge is 0.470 e. The first-order valence-electron chi connectivity index (χ1n) is 20.7. The highest BCUT2D eigenvalue weighted by Gasteiger charge is 2.46. The third-order valence-corrected chi connectivity index (χ3v) is 12.7. The molecule has 4 saturated heterocycles. The molecule has 5 amide bonds. The van der Waals surface area contributed by atoms with Gasteiger partial charge in [-0.2, -0.15) is 5.26 Å². The maximum atomic E-state index is 13.7. The van der Waals surface area contributed by atoms with Crippen LogP contribution in [0.2, 0.25) is 5.02 Å². The van der Waals surface area contributed by atoms with Gasteiger partial charge in [0.05, 0.1) is 27.4 Å². The zero-order chi connectivity index (χ0) is 41.2. The normalized spacial score (nSPS) is 23.0. The molecule has 1 N–H and O–H groups in total. The van der Waals surface area contributed by atoms with Crippen LogP contribution in [0.5, 0.6) is 5.75 Å². The quantitative estimate of drug-likeness (QED) is 0.229. The number of amides is 5. The number of anilines is 1. The zero-order valence-corrected chi connectivity index (χ0v) is 33.9. The van der Waals surface area contributed by atoms with Gasteiger partial charge in [0, 0.05) is 62.1 Å². The van der Waals surface area contributed by atoms with Crippen molar-refractivity contribution in [3.63, 3.8) is 0 Å². The fourth-order valence-corrected chi connectivity index (χ4v) is 9.28. The number of likely N-dealkylation sites (tertiary alicyclic amines) is 2. The minimum atomic E-state index is -0.980. The van der Waals surface area contributed by atoms with Crippen LogP contribution in [0.3, 0.4) is 0 Å². The summed E-state index contributed by atoms with van der Waals surface area (Å²) in [5, 5.41) is 11.8. The van der Waals surface area contributed by atoms with E-state index in [-0.39, 0.29) is 18.7 Å². The fraction of sp³-hybridized carbons (Fsp3) is 0.435. The van der Waals surface area contributed by atoms with E-state index in [1.165, 1.54) is 0 Å². The average Bonchev–Trinajstić information content (AvgIpc) is 3.50. The van der Waals surface area contributed by atoms with Crippen LogP contribution >= 0.6 is 11.6 Å². The lowest BCUT2D eigenvalue weighted by molar-refractivity contribution is -0.136. The molecular formula is C46H47ClN6O6. The van der Waals surface area contributed by atoms with E-state index in [0.29, 0.717) is 63.7 Å². The van der Waals surface area contributed by atoms with Crippen LogP contribution in [0.4, 0.5) is 5.69 Å². The predicted octanol–water partition coefficient (Wildman–Crippen LogP) is 5.87. The molecule has 5 heterocycles. The summed E-state index contributed by atoms with van der Waals surface area (Å²) < 4.78 is 6.23. The number of nitrogens with zero attached hydrogens (tertiary/aromatic N) is 5. The van der Waals surface area contributed by atoms with Crippen molar-refractivity contribution in [2.45, 2.75) is 70.6 Å². The minimum Gasteiger partial charge on any atom is -0.470 e. The molecule has 5 aliphatic heterocycles. The topological polar surface area (TPSA) is 143 Å². The van der Waals surface area contributed by atoms with Crippen LogP contribution in [0.25, 0.3) is 0 Å². The highest BCUT2D eigenvalue weighted by Crippen LogP contribution is 2.36. The lowest BCUT2D eigenvalue weighted by atomic mass is 9.92. The molecule has 0 aromatic heterocycles. The molecule has 3 aromatic carbocycles. The molecule has 8 rings (SSSR count). The SMILES string of the molecule is CC1CCC(Oc2ccc(C#N)c(Cl)c2)N(C(=O)c2ccc(C#CC3CCN(CC4CCN(c5cccc6c5C(=O)N(C5CCC(=O)NC5=O)C6=O)CC4)CC3)cc2)C1. The number of ether oxygens (including phenoxy) is 1. The summed E-state index contributed by atoms with van der Waals surface area (Å²) in [6.07, 6.45) is 5.36. The first-order chi connectivity index (χ1) is 28.6. The molecule has 3 atom stereocenters. The van der Waals surface area contributed by atoms with E-state index in [2.05, 4.69) is 40.0 Å². The standard InChI is InChI=1S/C46H47ClN6O6/c1-29-5-16-41(59-35-13-12-34(26-48)37(47)25-35)52(27-29)44(56)33-10-8-30(9-11-33)6-7-31-17-21-50(22-18-31)28-32-19-23-51(24-20-32)38-4-2-3-36-42(38)46(58)53(45(36)57)39-14-15-40(54)49-43(39)55/h2-4,8-13,25,29,31-32,39,41H,5,14-24,27-28H2,1H3,(H,49,54,55). The molecule has 3 aromatic rings. The van der Waals surface area contributed by atoms with Crippen molar-refractivity contribution < 1.29 is 28.7 Å². The first kappa shape index (κ1) is 40.1. The Balaban J connectivity index is 0.807. The van der Waals surface area contributed by atoms with Gasteiger partial charge in [0.25, 0.3) is 17.7 Å². The number of carbonyl (C=O) groups is 5. The third kappa shape index (κ3) is 8.57. The number of hydrogen-bond donors (Lipinski definition) is 1. The van der Waals surface area contributed by atoms with Crippen molar-refractivity contribution >= 4 is 46.8 Å². The minimum absolute atomic E-state index is 0.0900. The molecule has 4 fully saturated rings. The Hall–Kier alpha value is -5.69. The molecule has 5 aliphatic rings. The summed E-state index contributed by atoms with van der Waals surface area (Å²) in [6, 6.07) is 18.9. The van der Waals surface area contributed by atoms with E-state index in [0.717, 1.165) is 81.0 Å². The number of piperidine rings is 4. The van der Waals surface area contributed by atoms with E-state index in [9.17, 15) is 29.2 Å². The summed E-state index contributed by atoms with van der Waals surface area (Å²) in [5.41, 5.74) is 3.24. The molecule has 0 radical (unpaired) electrons. The van der Waals surface area contributed by atoms with Gasteiger partial charge in [-0.05, 0) is 112 Å². The van der Waals surface area contributed by atoms with Crippen molar-refractivity contribution in [2.24, 2.45) is 17.8 Å². The number of carbonyl (C=O) groups excluding carboxylic acids is 5. The van der Waals surface area contributed by atoms with Crippen molar-refractivity contribution in [3.05, 3.63) is 93.5 Å². The maximum Gasteiger partial charge on any atom is 0.264 e. The van der Waals surface area contributed by atoms with Crippen LogP contribution in [0.1, 0.15) is 100 Å². The molecule has 0 saturated carbocycles. The van der Waals surface area contributed by atoms with E-state index < -0.39 is 35.9 Å². The van der Waals surface area contributed by atoms with Crippen molar-refractivity contribution in [3.8, 4) is 23.7 Å². The number of nitrogens with one attached hydrogen (secondary N) is 1. The second-order valence-electron chi connectivity index (χ2n) is 16.5. The molecule has 304 valence electrons. The van der Waals surface area contributed by atoms with Gasteiger partial charge in [-0.3, -0.25) is 34.2 Å². The number of imide groups is 2. The van der Waals surface area contributed by atoms with Gasteiger partial charge in [0.15, 0.2) is 6.23 Å². The van der Waals surface area contributed by atoms with Crippen molar-refractivity contribution in [1.82, 2.24) is 20.0 Å². The van der Waals surface area contributed by atoms with Gasteiger partial charge in [-0.1, -0.05) is 36.4 Å². The summed E-state index contributed by atoms with van der Waals surface area (Å²) in [4.78, 5) is 72.5. The maximum absolute atomic E-state index is 13.7. The van der Waals surface area contributed by atoms with Crippen molar-refractivity contribution in [1.29, 1.82) is 5.26 Å². The van der Waals surface area contributed by atoms with Crippen LogP contribution in [0.15, 0.2) is 60.7 Å². The highest BCUT2D eigenvalue weighted by atomic mass is 35.5. The second-order valence-corrected chi connectivity index (χ2v) is 16.9. The van der Waals surface area contributed by atoms with Gasteiger partial charge >= 0.3 is 0 Å². The lowest BCUT2D eigenvalue weighted by Gasteiger charge is -2.38. The van der Waals surface area contributed by atoms with E-state index in [1.807, 2.05) is 30.3 Å². The van der Waals surface area contributed by atoms with Crippen molar-refractivity contribution in [2.75, 3.05) is 44.2 Å². The first-order valence-corrected chi connectivity index (χ1v) is 21.0. The molecule has 3 unspecified atom stereocenters. The van der Waals surface area contributed by atoms with Gasteiger partial charge < -0.3 is 19.4 Å². The van der Waals surface area contributed by atoms with Crippen LogP contribution < -0.4 is 15.0 Å². The Bertz CT molecular complexity index is 2260. The molecule has 0 aliphatic carbocycles. The third-order valence-electron chi connectivity index (χ3n) is 12.4. The van der Waals surface area contributed by atoms with Gasteiger partial charge in [0.2, 0.25) is 11.8 Å². The van der Waals surface area contributed by atoms with E-state index >= 15 is 0 Å². The number of hydrogen-bond acceptors (Lipinski definition) is 9. The molecule has 0 spiro atoms. The lowest BCUT2D eigenvalue weighted by Crippen LogP contribution is -2.54. The molecule has 13 heteroatoms. The predicted molar refractivity (Wildman–Crippen MR) is 221 cm³/mol. The Kier molecular flexibility index (Phi) is 11.7. The Labute approximate surface area is 349 Å². The smallest absolute Gasteiger partial charge is 0.264 e. The average molecular weight is 815 g/mol. The fourth-order valence-electron chi connectivity index (χ4n) is 9.07. The van der Waals surface area contributed by atoms with E-state index in [1.54, 1.807) is 35.2 Å². The molecule has 59 heavy (non-hydrogen) atoms. The van der Waals surface area contributed by atoms with Crippen LogP contribution in [-0.2, 0) is 9.59 Å². The van der Waals surface area contributed by atoms with E-state index in [4.69, 9.17) is 16.3 Å². The number of halogens is 1. The monoisotopic (exact) mass is 814 g/mol. The van der Waals surface area contributed by atoms with Gasteiger partial charge in [-0.15, -0.1) is 0 Å². The molecular weight excluding hydrogens is 768 g/mol. The zero-order valence-electron chi connectivity index (χ0n) is 33.1. The second kappa shape index (κ2) is 17.3. The summed E-state index contributed by atoms with van der Waals surface area (Å²) in [5.74, 6) is 6.50. The van der Waals surface area contributed by atoms with Crippen LogP contribution in [-0.4, -0.2) is 95.8 Å². The Morgan fingerprint density at radius 2 is 1.66 bits per heavy atom. The molecule has 12 nitrogen and oxygen atoms in total. The van der Waals surface area contributed by atoms with Gasteiger partial charge in [-0.25, -0.2) is 0 Å². The number of rotatable bonds is 7. The summed E-state index contributed by atoms with van der Waals surface area (Å²) in [6.45, 7) is 7.25. The Morgan fingerprint density at radius 1 is 0.898 bits per heavy atom. The highest BCUT2D eigenvalue weighted by molar-refractivity contribution is 6.31. The molecule has 0 bridgehead atoms. The number of benzene rings is 3. The summed E-state index contributed by atoms with van der Waals surface area (Å²) >= 11 is 6.23. The summed E-state index contributed by atoms with van der Waals surface area (Å²) in [7, 11) is 0.